The molecular formula is C36H54N2O8. The van der Waals surface area contributed by atoms with Gasteiger partial charge in [-0.1, -0.05) is 52.9 Å². The van der Waals surface area contributed by atoms with Gasteiger partial charge in [-0.2, -0.15) is 0 Å². The van der Waals surface area contributed by atoms with Gasteiger partial charge in [-0.25, -0.2) is 0 Å². The molecule has 0 aromatic heterocycles. The van der Waals surface area contributed by atoms with Crippen molar-refractivity contribution in [1.82, 2.24) is 10.2 Å². The molecule has 256 valence electrons. The van der Waals surface area contributed by atoms with E-state index < -0.39 is 30.1 Å². The third kappa shape index (κ3) is 7.25. The summed E-state index contributed by atoms with van der Waals surface area (Å²) >= 11 is 0. The minimum Gasteiger partial charge on any atom is -0.493 e. The highest BCUT2D eigenvalue weighted by molar-refractivity contribution is 5.96. The molecule has 0 radical (unpaired) electrons. The fourth-order valence-corrected chi connectivity index (χ4v) is 8.30. The van der Waals surface area contributed by atoms with Gasteiger partial charge in [-0.15, -0.1) is 0 Å². The van der Waals surface area contributed by atoms with E-state index in [1.54, 1.807) is 23.1 Å². The van der Waals surface area contributed by atoms with Crippen molar-refractivity contribution in [2.45, 2.75) is 121 Å². The molecule has 7 atom stereocenters. The van der Waals surface area contributed by atoms with Crippen LogP contribution in [0.2, 0.25) is 0 Å². The maximum absolute atomic E-state index is 14.4. The van der Waals surface area contributed by atoms with Gasteiger partial charge in [0.15, 0.2) is 11.5 Å². The van der Waals surface area contributed by atoms with Crippen LogP contribution in [0.5, 0.6) is 11.5 Å². The Morgan fingerprint density at radius 3 is 2.48 bits per heavy atom. The van der Waals surface area contributed by atoms with E-state index in [-0.39, 0.29) is 44.4 Å². The number of hydrogen-bond acceptors (Lipinski definition) is 8. The summed E-state index contributed by atoms with van der Waals surface area (Å²) in [6, 6.07) is 2.53. The average molecular weight is 643 g/mol. The zero-order valence-electron chi connectivity index (χ0n) is 28.0. The molecule has 2 fully saturated rings. The lowest BCUT2D eigenvalue weighted by Crippen LogP contribution is -2.59. The van der Waals surface area contributed by atoms with Crippen LogP contribution in [-0.2, 0) is 20.9 Å². The number of amides is 2. The minimum absolute atomic E-state index is 0.000515. The molecule has 0 bridgehead atoms. The number of aliphatic hydroxyl groups excluding tert-OH is 3. The van der Waals surface area contributed by atoms with Crippen molar-refractivity contribution in [3.8, 4) is 11.5 Å². The lowest BCUT2D eigenvalue weighted by molar-refractivity contribution is -0.150. The van der Waals surface area contributed by atoms with Gasteiger partial charge in [0.05, 0.1) is 38.4 Å². The first-order valence-corrected chi connectivity index (χ1v) is 17.4. The van der Waals surface area contributed by atoms with Gasteiger partial charge in [-0.3, -0.25) is 9.59 Å². The molecule has 1 aliphatic heterocycles. The Labute approximate surface area is 273 Å². The van der Waals surface area contributed by atoms with Crippen LogP contribution >= 0.6 is 0 Å². The van der Waals surface area contributed by atoms with Crippen molar-refractivity contribution in [2.24, 2.45) is 17.8 Å². The lowest BCUT2D eigenvalue weighted by atomic mass is 9.75. The summed E-state index contributed by atoms with van der Waals surface area (Å²) in [6.07, 6.45) is 8.69. The van der Waals surface area contributed by atoms with E-state index in [1.165, 1.54) is 13.5 Å². The number of hydrogen-bond donors (Lipinski definition) is 4. The second kappa shape index (κ2) is 15.5. The average Bonchev–Trinajstić information content (AvgIpc) is 3.23. The Morgan fingerprint density at radius 2 is 1.83 bits per heavy atom. The molecule has 0 saturated heterocycles. The zero-order chi connectivity index (χ0) is 33.0. The summed E-state index contributed by atoms with van der Waals surface area (Å²) in [6.45, 7) is 6.20. The lowest BCUT2D eigenvalue weighted by Gasteiger charge is -2.44. The van der Waals surface area contributed by atoms with Gasteiger partial charge in [0.25, 0.3) is 0 Å². The summed E-state index contributed by atoms with van der Waals surface area (Å²) < 4.78 is 18.5. The van der Waals surface area contributed by atoms with Crippen LogP contribution in [0.15, 0.2) is 23.8 Å². The summed E-state index contributed by atoms with van der Waals surface area (Å²) in [7, 11) is 1.51. The Bertz CT molecular complexity index is 1240. The predicted octanol–water partition coefficient (Wildman–Crippen LogP) is 3.84. The number of carbonyl (C=O) groups is 2. The van der Waals surface area contributed by atoms with Crippen molar-refractivity contribution < 1.29 is 39.1 Å². The summed E-state index contributed by atoms with van der Waals surface area (Å²) in [5.41, 5.74) is 1.59. The van der Waals surface area contributed by atoms with E-state index in [9.17, 15) is 24.9 Å². The van der Waals surface area contributed by atoms with Gasteiger partial charge < -0.3 is 39.7 Å². The van der Waals surface area contributed by atoms with Crippen molar-refractivity contribution in [2.75, 3.05) is 26.9 Å². The number of nitrogens with one attached hydrogen (secondary N) is 1. The number of aliphatic hydroxyl groups is 3. The summed E-state index contributed by atoms with van der Waals surface area (Å²) in [5.74, 6) is 0.968. The van der Waals surface area contributed by atoms with Crippen LogP contribution in [0.4, 0.5) is 0 Å². The molecule has 46 heavy (non-hydrogen) atoms. The second-order valence-corrected chi connectivity index (χ2v) is 14.1. The molecule has 2 saturated carbocycles. The molecule has 10 nitrogen and oxygen atoms in total. The standard InChI is InChI=1S/C36H54N2O8/c1-21(2)25-12-11-22(3)15-29(25)45-20-31(41)38(24-9-7-5-6-8-10-24)28-18-27(36(43)37-13-14-39)32-26-16-23(19-40)17-30(44-4)34(26)46-35(32)33(28)42/h16-18,21-22,24-25,28-29,32-33,35,39-40,42H,5-15,19-20H2,1-4H3,(H,37,43). The minimum atomic E-state index is -1.14. The van der Waals surface area contributed by atoms with Gasteiger partial charge >= 0.3 is 0 Å². The van der Waals surface area contributed by atoms with Gasteiger partial charge in [0, 0.05) is 23.7 Å². The molecule has 5 rings (SSSR count). The normalized spacial score (nSPS) is 29.7. The van der Waals surface area contributed by atoms with Crippen LogP contribution in [0, 0.1) is 17.8 Å². The van der Waals surface area contributed by atoms with Crippen LogP contribution < -0.4 is 14.8 Å². The van der Waals surface area contributed by atoms with Gasteiger partial charge in [-0.05, 0) is 67.2 Å². The van der Waals surface area contributed by atoms with Crippen LogP contribution in [0.3, 0.4) is 0 Å². The van der Waals surface area contributed by atoms with E-state index in [1.807, 2.05) is 0 Å². The Morgan fingerprint density at radius 1 is 1.09 bits per heavy atom. The topological polar surface area (TPSA) is 138 Å². The third-order valence-corrected chi connectivity index (χ3v) is 10.7. The van der Waals surface area contributed by atoms with Gasteiger partial charge in [0.2, 0.25) is 11.8 Å². The van der Waals surface area contributed by atoms with E-state index in [0.717, 1.165) is 51.4 Å². The molecule has 3 aliphatic carbocycles. The third-order valence-electron chi connectivity index (χ3n) is 10.7. The van der Waals surface area contributed by atoms with E-state index in [4.69, 9.17) is 14.2 Å². The van der Waals surface area contributed by atoms with Crippen molar-refractivity contribution >= 4 is 11.8 Å². The molecule has 1 aromatic rings. The molecule has 4 aliphatic rings. The fourth-order valence-electron chi connectivity index (χ4n) is 8.30. The van der Waals surface area contributed by atoms with Crippen LogP contribution in [0.1, 0.15) is 95.6 Å². The summed E-state index contributed by atoms with van der Waals surface area (Å²) in [4.78, 5) is 29.9. The van der Waals surface area contributed by atoms with E-state index >= 15 is 0 Å². The van der Waals surface area contributed by atoms with Crippen LogP contribution in [-0.4, -0.2) is 89.3 Å². The highest BCUT2D eigenvalue weighted by Crippen LogP contribution is 2.51. The van der Waals surface area contributed by atoms with E-state index in [0.29, 0.717) is 46.0 Å². The van der Waals surface area contributed by atoms with Crippen molar-refractivity contribution in [3.05, 3.63) is 34.9 Å². The number of nitrogens with zero attached hydrogens (tertiary/aromatic N) is 1. The number of rotatable bonds is 11. The van der Waals surface area contributed by atoms with Gasteiger partial charge in [0.1, 0.15) is 18.8 Å². The first-order valence-electron chi connectivity index (χ1n) is 17.4. The largest absolute Gasteiger partial charge is 0.493 e. The number of methoxy groups -OCH3 is 1. The highest BCUT2D eigenvalue weighted by Gasteiger charge is 2.52. The molecule has 4 N–H and O–H groups in total. The molecule has 1 aromatic carbocycles. The van der Waals surface area contributed by atoms with E-state index in [2.05, 4.69) is 26.1 Å². The predicted molar refractivity (Wildman–Crippen MR) is 173 cm³/mol. The first kappa shape index (κ1) is 34.7. The van der Waals surface area contributed by atoms with Crippen molar-refractivity contribution in [1.29, 1.82) is 0 Å². The number of carbonyl (C=O) groups excluding carboxylic acids is 2. The maximum atomic E-state index is 14.4. The Kier molecular flexibility index (Phi) is 11.7. The molecule has 0 spiro atoms. The zero-order valence-corrected chi connectivity index (χ0v) is 28.0. The number of fused-ring (bicyclic) bond motifs is 3. The first-order chi connectivity index (χ1) is 22.2. The summed E-state index contributed by atoms with van der Waals surface area (Å²) in [5, 5.41) is 34.3. The molecule has 2 amide bonds. The van der Waals surface area contributed by atoms with Crippen molar-refractivity contribution in [3.63, 3.8) is 0 Å². The Hall–Kier alpha value is -2.66. The molecular weight excluding hydrogens is 588 g/mol. The number of benzene rings is 1. The molecule has 10 heteroatoms. The molecule has 7 unspecified atom stereocenters. The Balaban J connectivity index is 1.51. The maximum Gasteiger partial charge on any atom is 0.249 e. The monoisotopic (exact) mass is 642 g/mol. The highest BCUT2D eigenvalue weighted by atomic mass is 16.5. The van der Waals surface area contributed by atoms with Crippen LogP contribution in [0.25, 0.3) is 0 Å². The SMILES string of the molecule is COc1cc(CO)cc2c1OC1C2C(C(=O)NCCO)=CC(N(C(=O)COC2CC(C)CCC2C(C)C)C2CCCCCC2)C1O. The fraction of sp³-hybridized carbons (Fsp3) is 0.722. The quantitative estimate of drug-likeness (QED) is 0.267. The number of ether oxygens (including phenoxy) is 3. The second-order valence-electron chi connectivity index (χ2n) is 14.1. The smallest absolute Gasteiger partial charge is 0.249 e. The molecule has 1 heterocycles.